The SMILES string of the molecule is C/C=C/CCC1CCC(C2CCC(OCC/C=C\CC)CC2)CC1. The van der Waals surface area contributed by atoms with Gasteiger partial charge in [0, 0.05) is 0 Å². The Kier molecular flexibility index (Phi) is 9.80. The quantitative estimate of drug-likeness (QED) is 0.324. The summed E-state index contributed by atoms with van der Waals surface area (Å²) in [6.07, 6.45) is 26.0. The van der Waals surface area contributed by atoms with Crippen LogP contribution in [0.4, 0.5) is 0 Å². The summed E-state index contributed by atoms with van der Waals surface area (Å²) in [6, 6.07) is 0. The van der Waals surface area contributed by atoms with Gasteiger partial charge in [0.15, 0.2) is 0 Å². The third-order valence-corrected chi connectivity index (χ3v) is 6.29. The van der Waals surface area contributed by atoms with Gasteiger partial charge < -0.3 is 4.74 Å². The van der Waals surface area contributed by atoms with E-state index in [1.54, 1.807) is 0 Å². The van der Waals surface area contributed by atoms with Crippen LogP contribution in [0.3, 0.4) is 0 Å². The molecule has 0 unspecified atom stereocenters. The van der Waals surface area contributed by atoms with E-state index in [1.807, 2.05) is 0 Å². The number of allylic oxidation sites excluding steroid dienone is 3. The van der Waals surface area contributed by atoms with Crippen LogP contribution in [-0.4, -0.2) is 12.7 Å². The third-order valence-electron chi connectivity index (χ3n) is 6.29. The van der Waals surface area contributed by atoms with Gasteiger partial charge in [-0.15, -0.1) is 0 Å². The van der Waals surface area contributed by atoms with Gasteiger partial charge in [-0.25, -0.2) is 0 Å². The van der Waals surface area contributed by atoms with Crippen molar-refractivity contribution in [3.05, 3.63) is 24.3 Å². The van der Waals surface area contributed by atoms with Crippen LogP contribution in [0.5, 0.6) is 0 Å². The molecule has 0 aromatic carbocycles. The van der Waals surface area contributed by atoms with E-state index in [9.17, 15) is 0 Å². The highest BCUT2D eigenvalue weighted by atomic mass is 16.5. The molecule has 2 aliphatic carbocycles. The summed E-state index contributed by atoms with van der Waals surface area (Å²) in [7, 11) is 0. The van der Waals surface area contributed by atoms with E-state index in [1.165, 1.54) is 64.2 Å². The van der Waals surface area contributed by atoms with E-state index < -0.39 is 0 Å². The lowest BCUT2D eigenvalue weighted by atomic mass is 9.70. The van der Waals surface area contributed by atoms with Gasteiger partial charge in [-0.2, -0.15) is 0 Å². The molecule has 0 saturated heterocycles. The van der Waals surface area contributed by atoms with Gasteiger partial charge in [0.05, 0.1) is 12.7 Å². The molecule has 0 amide bonds. The van der Waals surface area contributed by atoms with Gasteiger partial charge in [0.1, 0.15) is 0 Å². The minimum Gasteiger partial charge on any atom is -0.378 e. The Morgan fingerprint density at radius 1 is 0.792 bits per heavy atom. The van der Waals surface area contributed by atoms with Crippen molar-refractivity contribution in [2.45, 2.75) is 97.0 Å². The molecule has 24 heavy (non-hydrogen) atoms. The van der Waals surface area contributed by atoms with Gasteiger partial charge in [0.25, 0.3) is 0 Å². The van der Waals surface area contributed by atoms with E-state index in [0.29, 0.717) is 6.10 Å². The molecule has 0 aromatic rings. The van der Waals surface area contributed by atoms with Crippen LogP contribution < -0.4 is 0 Å². The molecular weight excluding hydrogens is 292 g/mol. The molecule has 0 radical (unpaired) electrons. The summed E-state index contributed by atoms with van der Waals surface area (Å²) in [4.78, 5) is 0. The van der Waals surface area contributed by atoms with Gasteiger partial charge in [-0.05, 0) is 88.9 Å². The van der Waals surface area contributed by atoms with Crippen LogP contribution >= 0.6 is 0 Å². The second kappa shape index (κ2) is 11.9. The average molecular weight is 333 g/mol. The maximum atomic E-state index is 6.08. The molecule has 2 rings (SSSR count). The Bertz CT molecular complexity index is 354. The minimum atomic E-state index is 0.549. The Balaban J connectivity index is 1.57. The Morgan fingerprint density at radius 2 is 1.46 bits per heavy atom. The zero-order valence-electron chi connectivity index (χ0n) is 16.2. The number of rotatable bonds is 9. The number of hydrogen-bond donors (Lipinski definition) is 0. The Hall–Kier alpha value is -0.560. The first-order valence-electron chi connectivity index (χ1n) is 10.7. The predicted octanol–water partition coefficient (Wildman–Crippen LogP) is 7.08. The van der Waals surface area contributed by atoms with Crippen molar-refractivity contribution >= 4 is 0 Å². The lowest BCUT2D eigenvalue weighted by molar-refractivity contribution is 0.00912. The fraction of sp³-hybridized carbons (Fsp3) is 0.826. The van der Waals surface area contributed by atoms with Crippen LogP contribution in [0.15, 0.2) is 24.3 Å². The highest BCUT2D eigenvalue weighted by Crippen LogP contribution is 2.41. The average Bonchev–Trinajstić information content (AvgIpc) is 2.63. The first kappa shape index (κ1) is 19.8. The van der Waals surface area contributed by atoms with Crippen molar-refractivity contribution in [1.82, 2.24) is 0 Å². The molecule has 0 aromatic heterocycles. The summed E-state index contributed by atoms with van der Waals surface area (Å²) in [6.45, 7) is 5.25. The van der Waals surface area contributed by atoms with Gasteiger partial charge >= 0.3 is 0 Å². The van der Waals surface area contributed by atoms with Crippen LogP contribution in [-0.2, 0) is 4.74 Å². The zero-order chi connectivity index (χ0) is 17.0. The van der Waals surface area contributed by atoms with E-state index in [2.05, 4.69) is 38.2 Å². The summed E-state index contributed by atoms with van der Waals surface area (Å²) in [5, 5.41) is 0. The van der Waals surface area contributed by atoms with E-state index in [0.717, 1.165) is 37.2 Å². The number of hydrogen-bond acceptors (Lipinski definition) is 1. The maximum Gasteiger partial charge on any atom is 0.0575 e. The molecular formula is C23H40O. The molecule has 0 N–H and O–H groups in total. The molecule has 1 nitrogen and oxygen atoms in total. The van der Waals surface area contributed by atoms with Crippen LogP contribution in [0.1, 0.15) is 90.9 Å². The first-order valence-corrected chi connectivity index (χ1v) is 10.7. The summed E-state index contributed by atoms with van der Waals surface area (Å²) in [5.74, 6) is 3.03. The summed E-state index contributed by atoms with van der Waals surface area (Å²) < 4.78 is 6.08. The fourth-order valence-electron chi connectivity index (χ4n) is 4.76. The van der Waals surface area contributed by atoms with E-state index in [-0.39, 0.29) is 0 Å². The molecule has 1 heteroatoms. The number of ether oxygens (including phenoxy) is 1. The van der Waals surface area contributed by atoms with Gasteiger partial charge in [-0.1, -0.05) is 44.1 Å². The van der Waals surface area contributed by atoms with Crippen LogP contribution in [0.2, 0.25) is 0 Å². The molecule has 2 saturated carbocycles. The van der Waals surface area contributed by atoms with E-state index >= 15 is 0 Å². The molecule has 0 atom stereocenters. The monoisotopic (exact) mass is 332 g/mol. The smallest absolute Gasteiger partial charge is 0.0575 e. The van der Waals surface area contributed by atoms with Crippen LogP contribution in [0, 0.1) is 17.8 Å². The summed E-state index contributed by atoms with van der Waals surface area (Å²) >= 11 is 0. The van der Waals surface area contributed by atoms with Gasteiger partial charge in [-0.3, -0.25) is 0 Å². The minimum absolute atomic E-state index is 0.549. The lowest BCUT2D eigenvalue weighted by Gasteiger charge is -2.37. The van der Waals surface area contributed by atoms with Crippen LogP contribution in [0.25, 0.3) is 0 Å². The Labute approximate surface area is 150 Å². The largest absolute Gasteiger partial charge is 0.378 e. The normalized spacial score (nSPS) is 31.9. The highest BCUT2D eigenvalue weighted by molar-refractivity contribution is 4.84. The lowest BCUT2D eigenvalue weighted by Crippen LogP contribution is -2.28. The topological polar surface area (TPSA) is 9.23 Å². The van der Waals surface area contributed by atoms with Crippen molar-refractivity contribution in [2.75, 3.05) is 6.61 Å². The fourth-order valence-corrected chi connectivity index (χ4v) is 4.76. The van der Waals surface area contributed by atoms with E-state index in [4.69, 9.17) is 4.74 Å². The first-order chi connectivity index (χ1) is 11.8. The van der Waals surface area contributed by atoms with Crippen molar-refractivity contribution in [3.8, 4) is 0 Å². The van der Waals surface area contributed by atoms with Crippen molar-refractivity contribution in [2.24, 2.45) is 17.8 Å². The molecule has 2 fully saturated rings. The molecule has 0 spiro atoms. The molecule has 138 valence electrons. The Morgan fingerprint density at radius 3 is 2.08 bits per heavy atom. The summed E-state index contributed by atoms with van der Waals surface area (Å²) in [5.41, 5.74) is 0. The van der Waals surface area contributed by atoms with Crippen molar-refractivity contribution in [1.29, 1.82) is 0 Å². The standard InChI is InChI=1S/C23H40O/c1-3-5-7-9-19-24-23-17-15-22(16-18-23)21-13-11-20(12-14-21)10-8-6-4-2/h4-7,20-23H,3,8-19H2,1-2H3/b6-4+,7-5-. The second-order valence-electron chi connectivity index (χ2n) is 8.00. The van der Waals surface area contributed by atoms with Gasteiger partial charge in [0.2, 0.25) is 0 Å². The predicted molar refractivity (Wildman–Crippen MR) is 105 cm³/mol. The second-order valence-corrected chi connectivity index (χ2v) is 8.00. The van der Waals surface area contributed by atoms with Crippen molar-refractivity contribution in [3.63, 3.8) is 0 Å². The molecule has 0 aliphatic heterocycles. The zero-order valence-corrected chi connectivity index (χ0v) is 16.2. The van der Waals surface area contributed by atoms with Crippen molar-refractivity contribution < 1.29 is 4.74 Å². The molecule has 2 aliphatic rings. The maximum absolute atomic E-state index is 6.08. The third kappa shape index (κ3) is 7.13. The molecule has 0 bridgehead atoms. The highest BCUT2D eigenvalue weighted by Gasteiger charge is 2.30. The molecule has 0 heterocycles.